The SMILES string of the molecule is O=C1C(=O)N(C2CCCC2)C(=O)N1CN1CCc2sccc2C1c1ccccc1. The summed E-state index contributed by atoms with van der Waals surface area (Å²) in [6.45, 7) is 0.878. The van der Waals surface area contributed by atoms with Gasteiger partial charge in [0.15, 0.2) is 0 Å². The van der Waals surface area contributed by atoms with Gasteiger partial charge in [0.25, 0.3) is 0 Å². The maximum Gasteiger partial charge on any atom is 0.335 e. The fraction of sp³-hybridized carbons (Fsp3) is 0.409. The van der Waals surface area contributed by atoms with E-state index in [0.717, 1.165) is 49.1 Å². The highest BCUT2D eigenvalue weighted by Crippen LogP contribution is 2.38. The largest absolute Gasteiger partial charge is 0.335 e. The number of amides is 4. The Bertz CT molecular complexity index is 951. The van der Waals surface area contributed by atoms with Crippen molar-refractivity contribution in [1.29, 1.82) is 0 Å². The number of thiophene rings is 1. The van der Waals surface area contributed by atoms with Crippen molar-refractivity contribution < 1.29 is 14.4 Å². The van der Waals surface area contributed by atoms with Crippen LogP contribution in [0.15, 0.2) is 41.8 Å². The Morgan fingerprint density at radius 1 is 0.966 bits per heavy atom. The molecule has 1 aromatic heterocycles. The molecule has 2 aliphatic heterocycles. The normalized spacial score (nSPS) is 23.3. The van der Waals surface area contributed by atoms with Crippen LogP contribution in [0.5, 0.6) is 0 Å². The van der Waals surface area contributed by atoms with Crippen LogP contribution in [0.25, 0.3) is 0 Å². The highest BCUT2D eigenvalue weighted by Gasteiger charge is 2.49. The summed E-state index contributed by atoms with van der Waals surface area (Å²) in [5.74, 6) is -1.35. The van der Waals surface area contributed by atoms with Gasteiger partial charge in [-0.15, -0.1) is 11.3 Å². The predicted octanol–water partition coefficient (Wildman–Crippen LogP) is 3.39. The number of nitrogens with zero attached hydrogens (tertiary/aromatic N) is 3. The zero-order chi connectivity index (χ0) is 20.0. The topological polar surface area (TPSA) is 60.9 Å². The quantitative estimate of drug-likeness (QED) is 0.574. The van der Waals surface area contributed by atoms with E-state index in [1.54, 1.807) is 11.3 Å². The molecule has 1 aliphatic carbocycles. The molecule has 3 aliphatic rings. The van der Waals surface area contributed by atoms with Crippen molar-refractivity contribution in [2.24, 2.45) is 0 Å². The lowest BCUT2D eigenvalue weighted by Gasteiger charge is -2.37. The number of urea groups is 1. The minimum atomic E-state index is -0.690. The molecule has 29 heavy (non-hydrogen) atoms. The van der Waals surface area contributed by atoms with Crippen LogP contribution in [0.3, 0.4) is 0 Å². The van der Waals surface area contributed by atoms with Gasteiger partial charge in [0, 0.05) is 17.5 Å². The fourth-order valence-corrected chi connectivity index (χ4v) is 5.76. The molecule has 2 fully saturated rings. The van der Waals surface area contributed by atoms with Crippen molar-refractivity contribution in [3.8, 4) is 0 Å². The molecule has 0 bridgehead atoms. The molecule has 1 saturated carbocycles. The van der Waals surface area contributed by atoms with Gasteiger partial charge in [-0.2, -0.15) is 0 Å². The summed E-state index contributed by atoms with van der Waals surface area (Å²) in [4.78, 5) is 44.1. The van der Waals surface area contributed by atoms with Crippen LogP contribution in [0.4, 0.5) is 4.79 Å². The second-order valence-corrected chi connectivity index (χ2v) is 8.95. The molecule has 7 heteroatoms. The summed E-state index contributed by atoms with van der Waals surface area (Å²) in [5.41, 5.74) is 2.36. The maximum atomic E-state index is 13.0. The van der Waals surface area contributed by atoms with Crippen molar-refractivity contribution in [2.45, 2.75) is 44.2 Å². The van der Waals surface area contributed by atoms with Gasteiger partial charge >= 0.3 is 17.8 Å². The number of hydrogen-bond donors (Lipinski definition) is 0. The number of fused-ring (bicyclic) bond motifs is 1. The molecule has 0 radical (unpaired) electrons. The number of hydrogen-bond acceptors (Lipinski definition) is 5. The van der Waals surface area contributed by atoms with Crippen molar-refractivity contribution >= 4 is 29.2 Å². The third-order valence-corrected chi connectivity index (χ3v) is 7.27. The van der Waals surface area contributed by atoms with Crippen LogP contribution < -0.4 is 0 Å². The molecule has 1 atom stereocenters. The van der Waals surface area contributed by atoms with E-state index in [1.807, 2.05) is 18.2 Å². The van der Waals surface area contributed by atoms with E-state index in [4.69, 9.17) is 0 Å². The van der Waals surface area contributed by atoms with E-state index in [2.05, 4.69) is 28.5 Å². The molecule has 1 aromatic carbocycles. The third kappa shape index (κ3) is 3.09. The highest BCUT2D eigenvalue weighted by molar-refractivity contribution is 7.10. The minimum Gasteiger partial charge on any atom is -0.274 e. The van der Waals surface area contributed by atoms with Gasteiger partial charge in [-0.1, -0.05) is 43.2 Å². The predicted molar refractivity (Wildman–Crippen MR) is 109 cm³/mol. The first-order valence-corrected chi connectivity index (χ1v) is 11.1. The second-order valence-electron chi connectivity index (χ2n) is 7.95. The van der Waals surface area contributed by atoms with Crippen LogP contribution in [0, 0.1) is 0 Å². The second kappa shape index (κ2) is 7.39. The van der Waals surface area contributed by atoms with Crippen LogP contribution >= 0.6 is 11.3 Å². The Balaban J connectivity index is 1.44. The van der Waals surface area contributed by atoms with Crippen molar-refractivity contribution in [3.05, 3.63) is 57.8 Å². The van der Waals surface area contributed by atoms with Crippen molar-refractivity contribution in [1.82, 2.24) is 14.7 Å². The number of carbonyl (C=O) groups is 3. The Morgan fingerprint density at radius 3 is 2.48 bits per heavy atom. The van der Waals surface area contributed by atoms with Gasteiger partial charge in [0.2, 0.25) is 0 Å². The number of imide groups is 2. The lowest BCUT2D eigenvalue weighted by atomic mass is 9.94. The third-order valence-electron chi connectivity index (χ3n) is 6.28. The first-order valence-electron chi connectivity index (χ1n) is 10.2. The van der Waals surface area contributed by atoms with Crippen molar-refractivity contribution in [3.63, 3.8) is 0 Å². The molecular formula is C22H23N3O3S. The molecule has 1 unspecified atom stereocenters. The number of carbonyl (C=O) groups excluding carboxylic acids is 3. The molecule has 4 amide bonds. The van der Waals surface area contributed by atoms with Gasteiger partial charge in [0.1, 0.15) is 0 Å². The lowest BCUT2D eigenvalue weighted by molar-refractivity contribution is -0.144. The molecule has 0 N–H and O–H groups in total. The van der Waals surface area contributed by atoms with E-state index in [9.17, 15) is 14.4 Å². The Labute approximate surface area is 173 Å². The molecule has 2 aromatic rings. The van der Waals surface area contributed by atoms with E-state index >= 15 is 0 Å². The summed E-state index contributed by atoms with van der Waals surface area (Å²) in [7, 11) is 0. The van der Waals surface area contributed by atoms with Crippen LogP contribution in [0.1, 0.15) is 47.7 Å². The molecule has 1 saturated heterocycles. The molecule has 3 heterocycles. The van der Waals surface area contributed by atoms with Gasteiger partial charge in [-0.3, -0.25) is 19.4 Å². The number of benzene rings is 1. The summed E-state index contributed by atoms with van der Waals surface area (Å²) in [6.07, 6.45) is 4.48. The number of rotatable bonds is 4. The molecule has 0 spiro atoms. The maximum absolute atomic E-state index is 13.0. The standard InChI is InChI=1S/C22H23N3O3S/c26-20-21(27)25(16-8-4-5-9-16)22(28)24(20)14-23-12-10-18-17(11-13-29-18)19(23)15-6-2-1-3-7-15/h1-3,6-7,11,13,16,19H,4-5,8-10,12,14H2. The summed E-state index contributed by atoms with van der Waals surface area (Å²) in [5, 5.41) is 2.10. The lowest BCUT2D eigenvalue weighted by Crippen LogP contribution is -2.47. The smallest absolute Gasteiger partial charge is 0.274 e. The summed E-state index contributed by atoms with van der Waals surface area (Å²) in [6, 6.07) is 11.7. The van der Waals surface area contributed by atoms with E-state index in [1.165, 1.54) is 15.3 Å². The van der Waals surface area contributed by atoms with Gasteiger partial charge in [-0.25, -0.2) is 9.69 Å². The zero-order valence-electron chi connectivity index (χ0n) is 16.1. The molecular weight excluding hydrogens is 386 g/mol. The minimum absolute atomic E-state index is 0.0255. The monoisotopic (exact) mass is 409 g/mol. The van der Waals surface area contributed by atoms with Crippen LogP contribution in [-0.4, -0.2) is 51.8 Å². The molecule has 6 nitrogen and oxygen atoms in total. The Morgan fingerprint density at radius 2 is 1.72 bits per heavy atom. The Kier molecular flexibility index (Phi) is 4.72. The van der Waals surface area contributed by atoms with Gasteiger partial charge in [0.05, 0.1) is 12.7 Å². The van der Waals surface area contributed by atoms with Gasteiger partial charge in [-0.05, 0) is 41.8 Å². The van der Waals surface area contributed by atoms with Crippen molar-refractivity contribution in [2.75, 3.05) is 13.2 Å². The Hall–Kier alpha value is -2.51. The average molecular weight is 410 g/mol. The van der Waals surface area contributed by atoms with Crippen LogP contribution in [-0.2, 0) is 16.0 Å². The first-order chi connectivity index (χ1) is 14.1. The van der Waals surface area contributed by atoms with E-state index in [0.29, 0.717) is 0 Å². The first kappa shape index (κ1) is 18.5. The molecule has 5 rings (SSSR count). The van der Waals surface area contributed by atoms with Crippen LogP contribution in [0.2, 0.25) is 0 Å². The van der Waals surface area contributed by atoms with E-state index in [-0.39, 0.29) is 18.8 Å². The zero-order valence-corrected chi connectivity index (χ0v) is 16.9. The van der Waals surface area contributed by atoms with E-state index < -0.39 is 17.8 Å². The summed E-state index contributed by atoms with van der Waals surface area (Å²) >= 11 is 1.75. The molecule has 150 valence electrons. The van der Waals surface area contributed by atoms with Gasteiger partial charge < -0.3 is 0 Å². The summed E-state index contributed by atoms with van der Waals surface area (Å²) < 4.78 is 0. The highest BCUT2D eigenvalue weighted by atomic mass is 32.1. The fourth-order valence-electron chi connectivity index (χ4n) is 4.86. The average Bonchev–Trinajstić information content (AvgIpc) is 3.47.